The minimum absolute atomic E-state index is 0.0535. The predicted molar refractivity (Wildman–Crippen MR) is 138 cm³/mol. The van der Waals surface area contributed by atoms with Gasteiger partial charge in [0, 0.05) is 43.0 Å². The van der Waals surface area contributed by atoms with Crippen LogP contribution < -0.4 is 22.2 Å². The molecule has 12 heteroatoms. The van der Waals surface area contributed by atoms with E-state index in [2.05, 4.69) is 10.7 Å². The number of hydrogen-bond donors (Lipinski definition) is 6. The summed E-state index contributed by atoms with van der Waals surface area (Å²) in [5, 5.41) is 20.6. The smallest absolute Gasteiger partial charge is 0.335 e. The Morgan fingerprint density at radius 2 is 1.70 bits per heavy atom. The molecule has 2 aromatic rings. The van der Waals surface area contributed by atoms with E-state index in [1.165, 1.54) is 23.2 Å². The molecule has 0 unspecified atom stereocenters. The number of amidine groups is 1. The molecule has 0 bridgehead atoms. The molecule has 37 heavy (non-hydrogen) atoms. The fourth-order valence-corrected chi connectivity index (χ4v) is 3.89. The van der Waals surface area contributed by atoms with Crippen molar-refractivity contribution in [2.24, 2.45) is 5.73 Å². The van der Waals surface area contributed by atoms with Crippen molar-refractivity contribution >= 4 is 52.1 Å². The molecule has 1 amide bonds. The van der Waals surface area contributed by atoms with Gasteiger partial charge in [-0.3, -0.25) is 19.8 Å². The number of halogens is 1. The summed E-state index contributed by atoms with van der Waals surface area (Å²) in [6.07, 6.45) is -0.481. The van der Waals surface area contributed by atoms with Gasteiger partial charge in [-0.1, -0.05) is 35.9 Å². The number of aromatic carboxylic acids is 1. The number of amides is 1. The molecule has 1 aliphatic carbocycles. The van der Waals surface area contributed by atoms with Crippen molar-refractivity contribution in [1.29, 1.82) is 5.41 Å². The van der Waals surface area contributed by atoms with Gasteiger partial charge in [-0.15, -0.1) is 0 Å². The van der Waals surface area contributed by atoms with Crippen LogP contribution in [0.3, 0.4) is 0 Å². The molecular weight excluding hydrogens is 500 g/mol. The molecule has 0 fully saturated rings. The standard InChI is InChI=1S/C25H25ClN6O5/c1-32(2)31-21-20(26)23(35)19(14-7-15(25(36)37)9-16(27)8-14)17(22(21)34)10-18(33)30-11-12-3-5-13(6-4-12)24(28)29/h3-9,31H,10-11,27H2,1-2H3,(H3,28,29)(H,30,33)(H,36,37). The summed E-state index contributed by atoms with van der Waals surface area (Å²) < 4.78 is 0. The SMILES string of the molecule is CN(C)NC1=C(Cl)C(=O)C(c2cc(N)cc(C(=O)O)c2)=C(CC(=O)NCc2ccc(C(=N)N)cc2)C1=O. The van der Waals surface area contributed by atoms with Crippen LogP contribution in [0.2, 0.25) is 0 Å². The van der Waals surface area contributed by atoms with Gasteiger partial charge in [0.25, 0.3) is 0 Å². The lowest BCUT2D eigenvalue weighted by Crippen LogP contribution is -2.38. The molecule has 11 nitrogen and oxygen atoms in total. The molecule has 2 aromatic carbocycles. The quantitative estimate of drug-likeness (QED) is 0.0923. The Labute approximate surface area is 217 Å². The van der Waals surface area contributed by atoms with E-state index in [0.717, 1.165) is 5.56 Å². The molecule has 0 saturated heterocycles. The second-order valence-electron chi connectivity index (χ2n) is 8.42. The second-order valence-corrected chi connectivity index (χ2v) is 8.80. The number of ketones is 2. The lowest BCUT2D eigenvalue weighted by atomic mass is 9.85. The van der Waals surface area contributed by atoms with Crippen molar-refractivity contribution in [2.45, 2.75) is 13.0 Å². The lowest BCUT2D eigenvalue weighted by molar-refractivity contribution is -0.122. The monoisotopic (exact) mass is 524 g/mol. The van der Waals surface area contributed by atoms with E-state index >= 15 is 0 Å². The zero-order valence-electron chi connectivity index (χ0n) is 20.0. The normalized spacial score (nSPS) is 13.7. The minimum atomic E-state index is -1.28. The predicted octanol–water partition coefficient (Wildman–Crippen LogP) is 1.38. The molecule has 0 aromatic heterocycles. The highest BCUT2D eigenvalue weighted by Crippen LogP contribution is 2.35. The topological polar surface area (TPSA) is 192 Å². The number of rotatable bonds is 9. The maximum Gasteiger partial charge on any atom is 0.335 e. The Bertz CT molecular complexity index is 1380. The summed E-state index contributed by atoms with van der Waals surface area (Å²) in [7, 11) is 3.18. The number of carboxylic acids is 1. The number of Topliss-reactive ketones (excluding diaryl/α,β-unsaturated/α-hetero) is 2. The average molecular weight is 525 g/mol. The number of carbonyl (C=O) groups is 4. The Morgan fingerprint density at radius 3 is 2.27 bits per heavy atom. The van der Waals surface area contributed by atoms with Crippen molar-refractivity contribution in [3.05, 3.63) is 81.0 Å². The molecule has 192 valence electrons. The van der Waals surface area contributed by atoms with Gasteiger partial charge in [-0.05, 0) is 29.3 Å². The first-order chi connectivity index (χ1) is 17.4. The third-order valence-electron chi connectivity index (χ3n) is 5.37. The van der Waals surface area contributed by atoms with E-state index in [-0.39, 0.29) is 46.0 Å². The van der Waals surface area contributed by atoms with Gasteiger partial charge in [-0.2, -0.15) is 0 Å². The van der Waals surface area contributed by atoms with E-state index in [1.807, 2.05) is 0 Å². The van der Waals surface area contributed by atoms with Crippen LogP contribution in [0.5, 0.6) is 0 Å². The van der Waals surface area contributed by atoms with Gasteiger partial charge in [0.05, 0.1) is 12.0 Å². The van der Waals surface area contributed by atoms with Crippen molar-refractivity contribution in [1.82, 2.24) is 15.8 Å². The first-order valence-corrected chi connectivity index (χ1v) is 11.3. The van der Waals surface area contributed by atoms with Crippen molar-refractivity contribution in [3.8, 4) is 0 Å². The number of nitrogens with two attached hydrogens (primary N) is 2. The summed E-state index contributed by atoms with van der Waals surface area (Å²) in [6, 6.07) is 10.4. The third-order valence-corrected chi connectivity index (χ3v) is 5.73. The van der Waals surface area contributed by atoms with Crippen molar-refractivity contribution in [3.63, 3.8) is 0 Å². The number of carbonyl (C=O) groups excluding carboxylic acids is 3. The molecule has 0 saturated carbocycles. The maximum absolute atomic E-state index is 13.4. The maximum atomic E-state index is 13.4. The molecule has 8 N–H and O–H groups in total. The van der Waals surface area contributed by atoms with Gasteiger partial charge in [0.15, 0.2) is 0 Å². The first kappa shape index (κ1) is 27.1. The van der Waals surface area contributed by atoms with E-state index in [0.29, 0.717) is 5.56 Å². The fourth-order valence-electron chi connectivity index (χ4n) is 3.67. The van der Waals surface area contributed by atoms with Gasteiger partial charge in [0.2, 0.25) is 17.5 Å². The zero-order valence-corrected chi connectivity index (χ0v) is 20.8. The number of hydrogen-bond acceptors (Lipinski definition) is 8. The number of anilines is 1. The van der Waals surface area contributed by atoms with Crippen LogP contribution in [-0.2, 0) is 20.9 Å². The van der Waals surface area contributed by atoms with Gasteiger partial charge in [0.1, 0.15) is 16.6 Å². The highest BCUT2D eigenvalue weighted by Gasteiger charge is 2.36. The molecule has 0 atom stereocenters. The van der Waals surface area contributed by atoms with Crippen molar-refractivity contribution < 1.29 is 24.3 Å². The van der Waals surface area contributed by atoms with E-state index in [1.54, 1.807) is 38.4 Å². The van der Waals surface area contributed by atoms with Crippen LogP contribution in [0.25, 0.3) is 5.57 Å². The third kappa shape index (κ3) is 6.21. The van der Waals surface area contributed by atoms with E-state index in [9.17, 15) is 24.3 Å². The fraction of sp³-hybridized carbons (Fsp3) is 0.160. The molecule has 3 rings (SSSR count). The zero-order chi connectivity index (χ0) is 27.4. The van der Waals surface area contributed by atoms with E-state index in [4.69, 9.17) is 28.5 Å². The first-order valence-electron chi connectivity index (χ1n) is 10.9. The van der Waals surface area contributed by atoms with Gasteiger partial charge < -0.3 is 27.3 Å². The molecule has 0 aliphatic heterocycles. The largest absolute Gasteiger partial charge is 0.478 e. The Balaban J connectivity index is 1.98. The Hall–Kier alpha value is -4.48. The number of carboxylic acid groups (broad SMARTS) is 1. The minimum Gasteiger partial charge on any atom is -0.478 e. The number of allylic oxidation sites excluding steroid dienone is 3. The van der Waals surface area contributed by atoms with Crippen LogP contribution in [0.1, 0.15) is 33.5 Å². The molecule has 0 radical (unpaired) electrons. The highest BCUT2D eigenvalue weighted by atomic mass is 35.5. The summed E-state index contributed by atoms with van der Waals surface area (Å²) in [5.74, 6) is -3.37. The average Bonchev–Trinajstić information content (AvgIpc) is 2.83. The van der Waals surface area contributed by atoms with Crippen LogP contribution in [0.4, 0.5) is 5.69 Å². The molecule has 1 aliphatic rings. The second kappa shape index (κ2) is 11.1. The van der Waals surface area contributed by atoms with Crippen LogP contribution >= 0.6 is 11.6 Å². The Kier molecular flexibility index (Phi) is 8.11. The summed E-state index contributed by atoms with van der Waals surface area (Å²) in [4.78, 5) is 51.2. The van der Waals surface area contributed by atoms with Crippen LogP contribution in [0, 0.1) is 5.41 Å². The highest BCUT2D eigenvalue weighted by molar-refractivity contribution is 6.56. The summed E-state index contributed by atoms with van der Waals surface area (Å²) in [5.41, 5.74) is 14.6. The van der Waals surface area contributed by atoms with Gasteiger partial charge in [-0.25, -0.2) is 9.80 Å². The molecular formula is C25H25ClN6O5. The summed E-state index contributed by atoms with van der Waals surface area (Å²) >= 11 is 6.25. The summed E-state index contributed by atoms with van der Waals surface area (Å²) in [6.45, 7) is 0.114. The number of benzene rings is 2. The molecule has 0 heterocycles. The lowest BCUT2D eigenvalue weighted by Gasteiger charge is -2.24. The Morgan fingerprint density at radius 1 is 1.05 bits per heavy atom. The van der Waals surface area contributed by atoms with Gasteiger partial charge >= 0.3 is 5.97 Å². The van der Waals surface area contributed by atoms with E-state index < -0.39 is 34.9 Å². The van der Waals surface area contributed by atoms with Crippen molar-refractivity contribution in [2.75, 3.05) is 19.8 Å². The van der Waals surface area contributed by atoms with Crippen LogP contribution in [-0.4, -0.2) is 53.5 Å². The molecule has 0 spiro atoms. The number of nitrogens with zero attached hydrogens (tertiary/aromatic N) is 1. The number of hydrazine groups is 1. The van der Waals surface area contributed by atoms with Crippen LogP contribution in [0.15, 0.2) is 58.8 Å². The number of nitrogen functional groups attached to an aromatic ring is 2. The number of nitrogens with one attached hydrogen (secondary N) is 3.